The summed E-state index contributed by atoms with van der Waals surface area (Å²) in [5.41, 5.74) is 7.26. The van der Waals surface area contributed by atoms with E-state index < -0.39 is 0 Å². The number of aryl methyl sites for hydroxylation is 2. The second-order valence-corrected chi connectivity index (χ2v) is 7.12. The lowest BCUT2D eigenvalue weighted by Gasteiger charge is -2.24. The summed E-state index contributed by atoms with van der Waals surface area (Å²) < 4.78 is 13.5. The monoisotopic (exact) mass is 371 g/mol. The van der Waals surface area contributed by atoms with E-state index in [-0.39, 0.29) is 5.82 Å². The highest BCUT2D eigenvalue weighted by Gasteiger charge is 2.11. The molecule has 0 fully saturated rings. The Bertz CT molecular complexity index is 1070. The Balaban J connectivity index is 1.54. The van der Waals surface area contributed by atoms with Gasteiger partial charge in [-0.3, -0.25) is 9.97 Å². The van der Waals surface area contributed by atoms with Crippen LogP contribution in [-0.4, -0.2) is 21.4 Å². The SMILES string of the molecule is Cc1cc(-c2ncc(CN3C=C(c4cccc(F)c4)C=CC3)cc2C)ccn1. The number of hydrogen-bond acceptors (Lipinski definition) is 3. The molecule has 4 heteroatoms. The summed E-state index contributed by atoms with van der Waals surface area (Å²) in [7, 11) is 0. The lowest BCUT2D eigenvalue weighted by Crippen LogP contribution is -2.19. The smallest absolute Gasteiger partial charge is 0.123 e. The maximum atomic E-state index is 13.5. The van der Waals surface area contributed by atoms with Gasteiger partial charge in [0, 0.05) is 42.9 Å². The average molecular weight is 371 g/mol. The van der Waals surface area contributed by atoms with Crippen molar-refractivity contribution in [3.05, 3.63) is 101 Å². The summed E-state index contributed by atoms with van der Waals surface area (Å²) in [6.07, 6.45) is 9.99. The van der Waals surface area contributed by atoms with Crippen LogP contribution in [0.15, 0.2) is 73.2 Å². The minimum atomic E-state index is -0.217. The van der Waals surface area contributed by atoms with E-state index in [4.69, 9.17) is 4.98 Å². The molecule has 140 valence electrons. The number of nitrogens with zero attached hydrogens (tertiary/aromatic N) is 3. The highest BCUT2D eigenvalue weighted by Crippen LogP contribution is 2.24. The van der Waals surface area contributed by atoms with Crippen LogP contribution in [0.4, 0.5) is 4.39 Å². The van der Waals surface area contributed by atoms with Crippen molar-refractivity contribution in [3.63, 3.8) is 0 Å². The molecule has 3 heterocycles. The molecule has 2 aromatic heterocycles. The fourth-order valence-corrected chi connectivity index (χ4v) is 3.51. The molecule has 0 saturated carbocycles. The van der Waals surface area contributed by atoms with Crippen molar-refractivity contribution in [2.75, 3.05) is 6.54 Å². The first kappa shape index (κ1) is 18.1. The summed E-state index contributed by atoms with van der Waals surface area (Å²) in [4.78, 5) is 11.2. The predicted molar refractivity (Wildman–Crippen MR) is 111 cm³/mol. The summed E-state index contributed by atoms with van der Waals surface area (Å²) in [6, 6.07) is 12.9. The first-order valence-corrected chi connectivity index (χ1v) is 9.35. The van der Waals surface area contributed by atoms with Crippen molar-refractivity contribution in [2.45, 2.75) is 20.4 Å². The summed E-state index contributed by atoms with van der Waals surface area (Å²) in [5, 5.41) is 0. The second kappa shape index (κ2) is 7.77. The fraction of sp³-hybridized carbons (Fsp3) is 0.167. The lowest BCUT2D eigenvalue weighted by atomic mass is 10.0. The van der Waals surface area contributed by atoms with Gasteiger partial charge in [0.05, 0.1) is 5.69 Å². The van der Waals surface area contributed by atoms with Crippen LogP contribution in [0, 0.1) is 19.7 Å². The van der Waals surface area contributed by atoms with E-state index >= 15 is 0 Å². The third kappa shape index (κ3) is 4.01. The normalized spacial score (nSPS) is 13.5. The van der Waals surface area contributed by atoms with Crippen molar-refractivity contribution < 1.29 is 4.39 Å². The van der Waals surface area contributed by atoms with E-state index in [9.17, 15) is 4.39 Å². The molecule has 3 nitrogen and oxygen atoms in total. The molecule has 4 rings (SSSR count). The van der Waals surface area contributed by atoms with Gasteiger partial charge in [0.15, 0.2) is 0 Å². The number of rotatable bonds is 4. The number of hydrogen-bond donors (Lipinski definition) is 0. The van der Waals surface area contributed by atoms with E-state index in [1.807, 2.05) is 37.5 Å². The molecule has 3 aromatic rings. The van der Waals surface area contributed by atoms with Gasteiger partial charge in [-0.1, -0.05) is 30.4 Å². The van der Waals surface area contributed by atoms with Crippen LogP contribution in [0.5, 0.6) is 0 Å². The van der Waals surface area contributed by atoms with Crippen LogP contribution in [0.1, 0.15) is 22.4 Å². The van der Waals surface area contributed by atoms with Crippen molar-refractivity contribution >= 4 is 5.57 Å². The molecule has 0 unspecified atom stereocenters. The van der Waals surface area contributed by atoms with Gasteiger partial charge >= 0.3 is 0 Å². The maximum absolute atomic E-state index is 13.5. The largest absolute Gasteiger partial charge is 0.369 e. The minimum Gasteiger partial charge on any atom is -0.369 e. The molecule has 0 N–H and O–H groups in total. The van der Waals surface area contributed by atoms with Gasteiger partial charge in [-0.25, -0.2) is 4.39 Å². The Morgan fingerprint density at radius 1 is 1.04 bits per heavy atom. The van der Waals surface area contributed by atoms with Gasteiger partial charge in [0.1, 0.15) is 5.82 Å². The molecular weight excluding hydrogens is 349 g/mol. The van der Waals surface area contributed by atoms with Crippen LogP contribution in [0.3, 0.4) is 0 Å². The Kier molecular flexibility index (Phi) is 5.02. The molecule has 0 aliphatic carbocycles. The van der Waals surface area contributed by atoms with Crippen LogP contribution in [0.2, 0.25) is 0 Å². The third-order valence-corrected chi connectivity index (χ3v) is 4.81. The van der Waals surface area contributed by atoms with Crippen LogP contribution < -0.4 is 0 Å². The number of benzene rings is 1. The molecule has 1 aromatic carbocycles. The highest BCUT2D eigenvalue weighted by molar-refractivity contribution is 5.74. The first-order chi connectivity index (χ1) is 13.6. The van der Waals surface area contributed by atoms with Crippen molar-refractivity contribution in [3.8, 4) is 11.3 Å². The molecule has 0 atom stereocenters. The third-order valence-electron chi connectivity index (χ3n) is 4.81. The van der Waals surface area contributed by atoms with Gasteiger partial charge in [-0.15, -0.1) is 0 Å². The molecule has 1 aliphatic rings. The fourth-order valence-electron chi connectivity index (χ4n) is 3.51. The molecule has 0 radical (unpaired) electrons. The van der Waals surface area contributed by atoms with Crippen LogP contribution >= 0.6 is 0 Å². The Morgan fingerprint density at radius 2 is 1.93 bits per heavy atom. The number of aromatic nitrogens is 2. The summed E-state index contributed by atoms with van der Waals surface area (Å²) in [6.45, 7) is 5.65. The van der Waals surface area contributed by atoms with Crippen molar-refractivity contribution in [1.82, 2.24) is 14.9 Å². The highest BCUT2D eigenvalue weighted by atomic mass is 19.1. The Hall–Kier alpha value is -3.27. The van der Waals surface area contributed by atoms with Gasteiger partial charge < -0.3 is 4.90 Å². The van der Waals surface area contributed by atoms with Crippen LogP contribution in [-0.2, 0) is 6.54 Å². The van der Waals surface area contributed by atoms with E-state index in [0.717, 1.165) is 52.3 Å². The Labute approximate surface area is 164 Å². The zero-order valence-corrected chi connectivity index (χ0v) is 16.1. The molecule has 0 bridgehead atoms. The standard InChI is InChI=1S/C24H22FN3/c1-17-11-19(14-27-24(17)21-8-9-26-18(2)12-21)15-28-10-4-6-22(16-28)20-5-3-7-23(25)13-20/h3-9,11-14,16H,10,15H2,1-2H3. The zero-order chi connectivity index (χ0) is 19.5. The molecule has 0 saturated heterocycles. The average Bonchev–Trinajstić information content (AvgIpc) is 2.68. The van der Waals surface area contributed by atoms with E-state index in [0.29, 0.717) is 0 Å². The number of allylic oxidation sites excluding steroid dienone is 2. The van der Waals surface area contributed by atoms with Gasteiger partial charge in [0.25, 0.3) is 0 Å². The quantitative estimate of drug-likeness (QED) is 0.622. The first-order valence-electron chi connectivity index (χ1n) is 9.35. The second-order valence-electron chi connectivity index (χ2n) is 7.12. The lowest BCUT2D eigenvalue weighted by molar-refractivity contribution is 0.407. The predicted octanol–water partition coefficient (Wildman–Crippen LogP) is 5.31. The molecule has 1 aliphatic heterocycles. The van der Waals surface area contributed by atoms with Crippen LogP contribution in [0.25, 0.3) is 16.8 Å². The van der Waals surface area contributed by atoms with Crippen molar-refractivity contribution in [1.29, 1.82) is 0 Å². The van der Waals surface area contributed by atoms with Gasteiger partial charge in [-0.2, -0.15) is 0 Å². The summed E-state index contributed by atoms with van der Waals surface area (Å²) >= 11 is 0. The van der Waals surface area contributed by atoms with E-state index in [1.165, 1.54) is 6.07 Å². The van der Waals surface area contributed by atoms with E-state index in [2.05, 4.69) is 41.2 Å². The number of pyridine rings is 2. The van der Waals surface area contributed by atoms with Gasteiger partial charge in [0.2, 0.25) is 0 Å². The van der Waals surface area contributed by atoms with Gasteiger partial charge in [-0.05, 0) is 60.4 Å². The van der Waals surface area contributed by atoms with E-state index in [1.54, 1.807) is 12.1 Å². The molecule has 0 amide bonds. The summed E-state index contributed by atoms with van der Waals surface area (Å²) in [5.74, 6) is -0.217. The topological polar surface area (TPSA) is 29.0 Å². The zero-order valence-electron chi connectivity index (χ0n) is 16.1. The minimum absolute atomic E-state index is 0.217. The van der Waals surface area contributed by atoms with Crippen molar-refractivity contribution in [2.24, 2.45) is 0 Å². The number of halogens is 1. The molecule has 28 heavy (non-hydrogen) atoms. The Morgan fingerprint density at radius 3 is 2.71 bits per heavy atom. The molecular formula is C24H22FN3. The molecule has 0 spiro atoms. The maximum Gasteiger partial charge on any atom is 0.123 e.